The Morgan fingerprint density at radius 1 is 0.485 bits per heavy atom. The van der Waals surface area contributed by atoms with Crippen LogP contribution in [0.4, 0.5) is 0 Å². The highest BCUT2D eigenvalue weighted by molar-refractivity contribution is 5.61. The minimum absolute atomic E-state index is 0.0187. The predicted molar refractivity (Wildman–Crippen MR) is 117 cm³/mol. The van der Waals surface area contributed by atoms with Gasteiger partial charge in [0, 0.05) is 27.7 Å². The van der Waals surface area contributed by atoms with Crippen molar-refractivity contribution in [2.75, 3.05) is 0 Å². The van der Waals surface area contributed by atoms with Crippen LogP contribution in [0.25, 0.3) is 0 Å². The molecule has 0 fully saturated rings. The molecule has 0 bridgehead atoms. The molecule has 0 unspecified atom stereocenters. The van der Waals surface area contributed by atoms with Gasteiger partial charge in [-0.05, 0) is 60.0 Å². The second-order valence-electron chi connectivity index (χ2n) is 7.91. The number of aliphatic hydroxyl groups excluding tert-OH is 4. The van der Waals surface area contributed by atoms with E-state index in [1.807, 2.05) is 0 Å². The molecule has 0 aromatic heterocycles. The van der Waals surface area contributed by atoms with Gasteiger partial charge in [0.05, 0.1) is 26.4 Å². The molecule has 0 aliphatic rings. The molecule has 0 amide bonds. The van der Waals surface area contributed by atoms with Gasteiger partial charge in [0.15, 0.2) is 23.0 Å². The molecule has 176 valence electrons. The number of phenolic OH excluding ortho intramolecular Hbond substituents is 2. The molecule has 0 atom stereocenters. The van der Waals surface area contributed by atoms with Gasteiger partial charge in [0.1, 0.15) is 5.75 Å². The van der Waals surface area contributed by atoms with Crippen LogP contribution >= 0.6 is 0 Å². The van der Waals surface area contributed by atoms with Gasteiger partial charge < -0.3 is 46.0 Å². The summed E-state index contributed by atoms with van der Waals surface area (Å²) >= 11 is 0. The Balaban J connectivity index is 2.46. The molecule has 9 heteroatoms. The van der Waals surface area contributed by atoms with E-state index in [4.69, 9.17) is 0 Å². The van der Waals surface area contributed by atoms with E-state index in [-0.39, 0.29) is 28.0 Å². The third-order valence-corrected chi connectivity index (χ3v) is 6.02. The quantitative estimate of drug-likeness (QED) is 0.187. The van der Waals surface area contributed by atoms with Gasteiger partial charge in [0.2, 0.25) is 0 Å². The largest absolute Gasteiger partial charge is 0.507 e. The fraction of sp³-hybridized carbons (Fsp3) is 0.250. The van der Waals surface area contributed by atoms with E-state index in [0.29, 0.717) is 16.7 Å². The zero-order valence-corrected chi connectivity index (χ0v) is 17.8. The van der Waals surface area contributed by atoms with E-state index in [2.05, 4.69) is 0 Å². The van der Waals surface area contributed by atoms with Gasteiger partial charge in [-0.3, -0.25) is 0 Å². The highest BCUT2D eigenvalue weighted by atomic mass is 16.3. The summed E-state index contributed by atoms with van der Waals surface area (Å²) in [5.41, 5.74) is 0.0125. The summed E-state index contributed by atoms with van der Waals surface area (Å²) < 4.78 is 0. The standard InChI is InChI=1S/C24H26O9/c1-24(17-4-14(10-27)22(32)19(29)6-17,18-5-15(11-28)23(33)20(30)7-18)16-2-12(8-25)21(31)13(3-16)9-26/h2-7,25-33H,8-11H2,1H3. The van der Waals surface area contributed by atoms with Crippen molar-refractivity contribution in [1.29, 1.82) is 0 Å². The normalized spacial score (nSPS) is 11.7. The van der Waals surface area contributed by atoms with Crippen molar-refractivity contribution >= 4 is 0 Å². The van der Waals surface area contributed by atoms with E-state index in [1.54, 1.807) is 6.92 Å². The van der Waals surface area contributed by atoms with Crippen molar-refractivity contribution in [1.82, 2.24) is 0 Å². The lowest BCUT2D eigenvalue weighted by Gasteiger charge is -2.34. The predicted octanol–water partition coefficient (Wildman–Crippen LogP) is 1.54. The van der Waals surface area contributed by atoms with Crippen molar-refractivity contribution in [3.8, 4) is 28.7 Å². The molecule has 3 aromatic rings. The molecule has 33 heavy (non-hydrogen) atoms. The van der Waals surface area contributed by atoms with Crippen molar-refractivity contribution in [3.05, 3.63) is 75.3 Å². The second-order valence-corrected chi connectivity index (χ2v) is 7.91. The lowest BCUT2D eigenvalue weighted by Crippen LogP contribution is -2.26. The van der Waals surface area contributed by atoms with Crippen molar-refractivity contribution < 1.29 is 46.0 Å². The first-order valence-electron chi connectivity index (χ1n) is 10.0. The van der Waals surface area contributed by atoms with Crippen LogP contribution in [0.2, 0.25) is 0 Å². The third-order valence-electron chi connectivity index (χ3n) is 6.02. The van der Waals surface area contributed by atoms with Crippen LogP contribution in [0.1, 0.15) is 45.9 Å². The first-order valence-corrected chi connectivity index (χ1v) is 10.0. The fourth-order valence-corrected chi connectivity index (χ4v) is 3.96. The summed E-state index contributed by atoms with van der Waals surface area (Å²) in [6.07, 6.45) is 0. The summed E-state index contributed by atoms with van der Waals surface area (Å²) in [4.78, 5) is 0. The maximum Gasteiger partial charge on any atom is 0.163 e. The second kappa shape index (κ2) is 9.16. The maximum absolute atomic E-state index is 10.3. The number of aliphatic hydroxyl groups is 4. The Labute approximate surface area is 189 Å². The van der Waals surface area contributed by atoms with E-state index in [0.717, 1.165) is 0 Å². The lowest BCUT2D eigenvalue weighted by atomic mass is 9.69. The summed E-state index contributed by atoms with van der Waals surface area (Å²) in [5, 5.41) is 89.9. The average molecular weight is 458 g/mol. The molecule has 0 saturated carbocycles. The van der Waals surface area contributed by atoms with Gasteiger partial charge in [-0.15, -0.1) is 0 Å². The highest BCUT2D eigenvalue weighted by Crippen LogP contribution is 2.47. The summed E-state index contributed by atoms with van der Waals surface area (Å²) in [6, 6.07) is 8.31. The van der Waals surface area contributed by atoms with Gasteiger partial charge in [-0.2, -0.15) is 0 Å². The minimum atomic E-state index is -1.30. The summed E-state index contributed by atoms with van der Waals surface area (Å²) in [6.45, 7) is -0.610. The topological polar surface area (TPSA) is 182 Å². The Kier molecular flexibility index (Phi) is 6.71. The van der Waals surface area contributed by atoms with Gasteiger partial charge in [-0.1, -0.05) is 0 Å². The highest BCUT2D eigenvalue weighted by Gasteiger charge is 2.35. The average Bonchev–Trinajstić information content (AvgIpc) is 2.81. The van der Waals surface area contributed by atoms with Crippen LogP contribution in [-0.2, 0) is 31.8 Å². The zero-order valence-electron chi connectivity index (χ0n) is 17.8. The van der Waals surface area contributed by atoms with Crippen LogP contribution in [0, 0.1) is 0 Å². The monoisotopic (exact) mass is 458 g/mol. The van der Waals surface area contributed by atoms with Gasteiger partial charge in [-0.25, -0.2) is 0 Å². The first-order chi connectivity index (χ1) is 15.6. The fourth-order valence-electron chi connectivity index (χ4n) is 3.96. The van der Waals surface area contributed by atoms with E-state index in [9.17, 15) is 46.0 Å². The molecule has 9 N–H and O–H groups in total. The number of hydrogen-bond donors (Lipinski definition) is 9. The molecule has 0 aliphatic heterocycles. The van der Waals surface area contributed by atoms with Crippen LogP contribution < -0.4 is 0 Å². The van der Waals surface area contributed by atoms with Gasteiger partial charge >= 0.3 is 0 Å². The zero-order chi connectivity index (χ0) is 24.5. The Morgan fingerprint density at radius 2 is 0.758 bits per heavy atom. The number of benzene rings is 3. The molecule has 0 saturated heterocycles. The lowest BCUT2D eigenvalue weighted by molar-refractivity contribution is 0.263. The molecule has 0 radical (unpaired) electrons. The summed E-state index contributed by atoms with van der Waals surface area (Å²) in [5.74, 6) is -2.34. The number of phenols is 5. The van der Waals surface area contributed by atoms with Crippen molar-refractivity contribution in [3.63, 3.8) is 0 Å². The Bertz CT molecular complexity index is 1100. The SMILES string of the molecule is CC(c1cc(O)c(O)c(CO)c1)(c1cc(O)c(O)c(CO)c1)c1cc(CO)c(O)c(CO)c1. The number of hydrogen-bond acceptors (Lipinski definition) is 9. The van der Waals surface area contributed by atoms with Crippen LogP contribution in [0.5, 0.6) is 28.7 Å². The molecule has 0 aliphatic carbocycles. The number of rotatable bonds is 7. The molecule has 0 heterocycles. The Hall–Kier alpha value is -3.50. The van der Waals surface area contributed by atoms with Crippen LogP contribution in [0.3, 0.4) is 0 Å². The molecule has 3 aromatic carbocycles. The molecule has 3 rings (SSSR count). The number of aromatic hydroxyl groups is 5. The molecular weight excluding hydrogens is 432 g/mol. The van der Waals surface area contributed by atoms with E-state index in [1.165, 1.54) is 36.4 Å². The third kappa shape index (κ3) is 4.03. The van der Waals surface area contributed by atoms with E-state index < -0.39 is 54.8 Å². The summed E-state index contributed by atoms with van der Waals surface area (Å²) in [7, 11) is 0. The first kappa shape index (κ1) is 24.1. The van der Waals surface area contributed by atoms with Gasteiger partial charge in [0.25, 0.3) is 0 Å². The maximum atomic E-state index is 10.3. The molecular formula is C24H26O9. The minimum Gasteiger partial charge on any atom is -0.507 e. The molecule has 9 nitrogen and oxygen atoms in total. The van der Waals surface area contributed by atoms with Crippen LogP contribution in [0.15, 0.2) is 36.4 Å². The van der Waals surface area contributed by atoms with Crippen molar-refractivity contribution in [2.45, 2.75) is 38.8 Å². The molecule has 0 spiro atoms. The smallest absolute Gasteiger partial charge is 0.163 e. The van der Waals surface area contributed by atoms with Crippen molar-refractivity contribution in [2.24, 2.45) is 0 Å². The van der Waals surface area contributed by atoms with Crippen LogP contribution in [-0.4, -0.2) is 46.0 Å². The Morgan fingerprint density at radius 3 is 1.06 bits per heavy atom. The van der Waals surface area contributed by atoms with E-state index >= 15 is 0 Å².